The smallest absolute Gasteiger partial charge is 0.326 e. The number of carbonyl (C=O) groups is 3. The Balaban J connectivity index is 2.64. The van der Waals surface area contributed by atoms with Gasteiger partial charge in [0.1, 0.15) is 25.8 Å². The van der Waals surface area contributed by atoms with Gasteiger partial charge < -0.3 is 18.9 Å². The summed E-state index contributed by atoms with van der Waals surface area (Å²) in [6.07, 6.45) is 23.6. The fourth-order valence-corrected chi connectivity index (χ4v) is 4.96. The molecule has 1 heterocycles. The van der Waals surface area contributed by atoms with Gasteiger partial charge in [-0.2, -0.15) is 0 Å². The molecule has 8 nitrogen and oxygen atoms in total. The molecule has 9 heteroatoms. The van der Waals surface area contributed by atoms with Gasteiger partial charge in [0.15, 0.2) is 0 Å². The number of aryl methyl sites for hydroxylation is 1. The summed E-state index contributed by atoms with van der Waals surface area (Å²) in [6.45, 7) is 6.86. The number of aromatic nitrogens is 2. The standard InChI is InChI=1S/C31H53N3O5S/c1-4-7-10-11-12-13-16-23-38-29(35)25-34(31(37)40-24-17-21-33-22-20-32-27-33)26-30(36)39-28(18-14-8-5-2)19-15-9-6-3/h13,16,20,22,27-28H,4-12,14-15,17-19,21,23-26H2,1-3H3/b16-13-. The average molecular weight is 580 g/mol. The highest BCUT2D eigenvalue weighted by atomic mass is 32.2. The number of ether oxygens (including phenoxy) is 2. The summed E-state index contributed by atoms with van der Waals surface area (Å²) in [5.74, 6) is -0.432. The lowest BCUT2D eigenvalue weighted by molar-refractivity contribution is -0.151. The van der Waals surface area contributed by atoms with E-state index in [1.54, 1.807) is 12.5 Å². The van der Waals surface area contributed by atoms with Crippen molar-refractivity contribution in [1.82, 2.24) is 14.5 Å². The van der Waals surface area contributed by atoms with Gasteiger partial charge >= 0.3 is 11.9 Å². The third-order valence-corrected chi connectivity index (χ3v) is 7.53. The molecule has 0 saturated carbocycles. The van der Waals surface area contributed by atoms with E-state index in [1.165, 1.54) is 24.2 Å². The topological polar surface area (TPSA) is 90.7 Å². The molecule has 1 rings (SSSR count). The normalized spacial score (nSPS) is 11.3. The molecule has 0 aliphatic carbocycles. The summed E-state index contributed by atoms with van der Waals surface area (Å²) in [7, 11) is 0. The summed E-state index contributed by atoms with van der Waals surface area (Å²) in [6, 6.07) is 0. The molecular weight excluding hydrogens is 526 g/mol. The van der Waals surface area contributed by atoms with E-state index in [1.807, 2.05) is 22.9 Å². The molecular formula is C31H53N3O5S. The minimum absolute atomic E-state index is 0.153. The SMILES string of the molecule is CCCCCC/C=C\COC(=O)CN(CC(=O)OC(CCCCC)CCCCC)C(=O)SCCCn1ccnc1. The lowest BCUT2D eigenvalue weighted by atomic mass is 10.0. The van der Waals surface area contributed by atoms with Crippen LogP contribution in [-0.4, -0.2) is 63.2 Å². The second kappa shape index (κ2) is 24.5. The van der Waals surface area contributed by atoms with Crippen molar-refractivity contribution in [2.45, 2.75) is 123 Å². The molecule has 0 fully saturated rings. The number of allylic oxidation sites excluding steroid dienone is 1. The first-order valence-electron chi connectivity index (χ1n) is 15.4. The highest BCUT2D eigenvalue weighted by molar-refractivity contribution is 8.13. The Kier molecular flexibility index (Phi) is 21.9. The third-order valence-electron chi connectivity index (χ3n) is 6.53. The monoisotopic (exact) mass is 579 g/mol. The van der Waals surface area contributed by atoms with Crippen molar-refractivity contribution < 1.29 is 23.9 Å². The Hall–Kier alpha value is -2.29. The van der Waals surface area contributed by atoms with Crippen LogP contribution in [0, 0.1) is 0 Å². The second-order valence-corrected chi connectivity index (χ2v) is 11.3. The molecule has 40 heavy (non-hydrogen) atoms. The number of rotatable bonds is 24. The highest BCUT2D eigenvalue weighted by Gasteiger charge is 2.24. The minimum atomic E-state index is -0.529. The van der Waals surface area contributed by atoms with Crippen LogP contribution in [0.3, 0.4) is 0 Å². The fraction of sp³-hybridized carbons (Fsp3) is 0.742. The van der Waals surface area contributed by atoms with Gasteiger partial charge in [0.25, 0.3) is 5.24 Å². The molecule has 1 aromatic heterocycles. The molecule has 0 aliphatic heterocycles. The molecule has 1 amide bonds. The van der Waals surface area contributed by atoms with Crippen molar-refractivity contribution in [2.24, 2.45) is 0 Å². The van der Waals surface area contributed by atoms with Crippen LogP contribution < -0.4 is 0 Å². The maximum atomic E-state index is 13.0. The van der Waals surface area contributed by atoms with Crippen molar-refractivity contribution in [1.29, 1.82) is 0 Å². The van der Waals surface area contributed by atoms with Gasteiger partial charge in [0.05, 0.1) is 6.33 Å². The van der Waals surface area contributed by atoms with Gasteiger partial charge in [-0.15, -0.1) is 0 Å². The minimum Gasteiger partial charge on any atom is -0.461 e. The van der Waals surface area contributed by atoms with Crippen LogP contribution in [0.15, 0.2) is 30.9 Å². The number of hydrogen-bond donors (Lipinski definition) is 0. The van der Waals surface area contributed by atoms with Crippen LogP contribution in [0.5, 0.6) is 0 Å². The first-order valence-corrected chi connectivity index (χ1v) is 16.4. The van der Waals surface area contributed by atoms with E-state index in [4.69, 9.17) is 9.47 Å². The lowest BCUT2D eigenvalue weighted by Gasteiger charge is -2.23. The Morgan fingerprint density at radius 2 is 1.55 bits per heavy atom. The van der Waals surface area contributed by atoms with E-state index in [0.29, 0.717) is 5.75 Å². The molecule has 228 valence electrons. The van der Waals surface area contributed by atoms with Crippen molar-refractivity contribution >= 4 is 28.9 Å². The van der Waals surface area contributed by atoms with E-state index in [9.17, 15) is 14.4 Å². The highest BCUT2D eigenvalue weighted by Crippen LogP contribution is 2.16. The second-order valence-electron chi connectivity index (χ2n) is 10.2. The van der Waals surface area contributed by atoms with E-state index < -0.39 is 11.9 Å². The number of amides is 1. The van der Waals surface area contributed by atoms with Crippen molar-refractivity contribution in [3.05, 3.63) is 30.9 Å². The molecule has 0 saturated heterocycles. The van der Waals surface area contributed by atoms with E-state index in [2.05, 4.69) is 25.8 Å². The number of imidazole rings is 1. The van der Waals surface area contributed by atoms with Crippen LogP contribution in [0.4, 0.5) is 4.79 Å². The van der Waals surface area contributed by atoms with E-state index >= 15 is 0 Å². The number of unbranched alkanes of at least 4 members (excludes halogenated alkanes) is 8. The summed E-state index contributed by atoms with van der Waals surface area (Å²) >= 11 is 1.11. The lowest BCUT2D eigenvalue weighted by Crippen LogP contribution is -2.39. The zero-order valence-electron chi connectivity index (χ0n) is 25.2. The Labute approximate surface area is 246 Å². The van der Waals surface area contributed by atoms with Crippen molar-refractivity contribution in [2.75, 3.05) is 25.4 Å². The number of esters is 2. The average Bonchev–Trinajstić information content (AvgIpc) is 3.46. The van der Waals surface area contributed by atoms with Crippen LogP contribution >= 0.6 is 11.8 Å². The maximum Gasteiger partial charge on any atom is 0.326 e. The predicted octanol–water partition coefficient (Wildman–Crippen LogP) is 7.57. The summed E-state index contributed by atoms with van der Waals surface area (Å²) in [4.78, 5) is 43.8. The molecule has 0 spiro atoms. The molecule has 0 aliphatic rings. The third kappa shape index (κ3) is 18.9. The Bertz CT molecular complexity index is 806. The van der Waals surface area contributed by atoms with Crippen LogP contribution in [0.2, 0.25) is 0 Å². The molecule has 0 atom stereocenters. The zero-order chi connectivity index (χ0) is 29.3. The zero-order valence-corrected chi connectivity index (χ0v) is 26.0. The van der Waals surface area contributed by atoms with Crippen LogP contribution in [-0.2, 0) is 25.6 Å². The van der Waals surface area contributed by atoms with Crippen molar-refractivity contribution in [3.8, 4) is 0 Å². The van der Waals surface area contributed by atoms with Gasteiger partial charge in [0.2, 0.25) is 0 Å². The van der Waals surface area contributed by atoms with Gasteiger partial charge in [-0.1, -0.05) is 89.6 Å². The molecule has 0 radical (unpaired) electrons. The predicted molar refractivity (Wildman–Crippen MR) is 163 cm³/mol. The summed E-state index contributed by atoms with van der Waals surface area (Å²) in [5.41, 5.74) is 0. The molecule has 0 aromatic carbocycles. The van der Waals surface area contributed by atoms with Crippen LogP contribution in [0.1, 0.15) is 111 Å². The summed E-state index contributed by atoms with van der Waals surface area (Å²) in [5, 5.41) is -0.320. The number of carbonyl (C=O) groups excluding carboxylic acids is 3. The number of thioether (sulfide) groups is 1. The van der Waals surface area contributed by atoms with Gasteiger partial charge in [0, 0.05) is 24.7 Å². The van der Waals surface area contributed by atoms with Gasteiger partial charge in [-0.3, -0.25) is 14.4 Å². The largest absolute Gasteiger partial charge is 0.461 e. The Morgan fingerprint density at radius 1 is 0.875 bits per heavy atom. The molecule has 0 unspecified atom stereocenters. The summed E-state index contributed by atoms with van der Waals surface area (Å²) < 4.78 is 13.1. The Morgan fingerprint density at radius 3 is 2.20 bits per heavy atom. The van der Waals surface area contributed by atoms with Crippen molar-refractivity contribution in [3.63, 3.8) is 0 Å². The van der Waals surface area contributed by atoms with E-state index in [-0.39, 0.29) is 31.0 Å². The fourth-order valence-electron chi connectivity index (χ4n) is 4.20. The van der Waals surface area contributed by atoms with E-state index in [0.717, 1.165) is 88.9 Å². The molecule has 1 aromatic rings. The quantitative estimate of drug-likeness (QED) is 0.0708. The number of nitrogens with zero attached hydrogens (tertiary/aromatic N) is 3. The first kappa shape index (κ1) is 35.7. The number of hydrogen-bond acceptors (Lipinski definition) is 7. The van der Waals surface area contributed by atoms with Gasteiger partial charge in [-0.05, 0) is 44.9 Å². The molecule has 0 bridgehead atoms. The van der Waals surface area contributed by atoms with Gasteiger partial charge in [-0.25, -0.2) is 4.98 Å². The first-order chi connectivity index (χ1) is 19.5. The maximum absolute atomic E-state index is 13.0. The molecule has 0 N–H and O–H groups in total. The van der Waals surface area contributed by atoms with Crippen LogP contribution in [0.25, 0.3) is 0 Å².